The number of hydrogen-bond acceptors (Lipinski definition) is 4. The molecule has 2 unspecified atom stereocenters. The van der Waals surface area contributed by atoms with Crippen LogP contribution in [0.4, 0.5) is 4.79 Å². The molecule has 1 heterocycles. The Balaban J connectivity index is 1.95. The van der Waals surface area contributed by atoms with E-state index in [2.05, 4.69) is 0 Å². The van der Waals surface area contributed by atoms with Gasteiger partial charge in [0.15, 0.2) is 0 Å². The number of carbonyl (C=O) groups excluding carboxylic acids is 2. The number of nitrogens with two attached hydrogens (primary N) is 1. The highest BCUT2D eigenvalue weighted by Crippen LogP contribution is 2.37. The Morgan fingerprint density at radius 3 is 2.41 bits per heavy atom. The Labute approximate surface area is 132 Å². The third-order valence-corrected chi connectivity index (χ3v) is 4.41. The molecule has 1 saturated carbocycles. The highest BCUT2D eigenvalue weighted by Gasteiger charge is 2.39. The van der Waals surface area contributed by atoms with E-state index in [1.807, 2.05) is 32.6 Å². The average molecular weight is 311 g/mol. The second kappa shape index (κ2) is 6.44. The van der Waals surface area contributed by atoms with E-state index in [0.29, 0.717) is 32.1 Å². The minimum absolute atomic E-state index is 0.0714. The third kappa shape index (κ3) is 4.12. The number of ether oxygens (including phenoxy) is 1. The molecular formula is C16H29N3O3. The molecule has 2 aliphatic rings. The van der Waals surface area contributed by atoms with Gasteiger partial charge in [0.25, 0.3) is 0 Å². The minimum atomic E-state index is -0.511. The molecule has 1 saturated heterocycles. The zero-order chi connectivity index (χ0) is 16.5. The standard InChI is InChI=1S/C16H29N3O3/c1-11(12-5-6-12)14(20)19-8-7-18(10-13(19)9-17)15(21)22-16(2,3)4/h11-13H,5-10,17H2,1-4H3. The van der Waals surface area contributed by atoms with Gasteiger partial charge in [0, 0.05) is 32.1 Å². The molecule has 0 aromatic carbocycles. The summed E-state index contributed by atoms with van der Waals surface area (Å²) in [5.41, 5.74) is 5.33. The lowest BCUT2D eigenvalue weighted by Crippen LogP contribution is -2.60. The molecule has 2 rings (SSSR count). The van der Waals surface area contributed by atoms with Gasteiger partial charge in [-0.25, -0.2) is 4.79 Å². The molecule has 2 atom stereocenters. The second-order valence-corrected chi connectivity index (χ2v) is 7.47. The molecule has 2 N–H and O–H groups in total. The van der Waals surface area contributed by atoms with Crippen molar-refractivity contribution >= 4 is 12.0 Å². The van der Waals surface area contributed by atoms with Gasteiger partial charge in [-0.3, -0.25) is 4.79 Å². The van der Waals surface area contributed by atoms with E-state index in [0.717, 1.165) is 12.8 Å². The van der Waals surface area contributed by atoms with Crippen LogP contribution in [0.2, 0.25) is 0 Å². The van der Waals surface area contributed by atoms with Crippen LogP contribution in [0.5, 0.6) is 0 Å². The summed E-state index contributed by atoms with van der Waals surface area (Å²) in [5, 5.41) is 0. The van der Waals surface area contributed by atoms with E-state index in [-0.39, 0.29) is 24.0 Å². The number of nitrogens with zero attached hydrogens (tertiary/aromatic N) is 2. The van der Waals surface area contributed by atoms with Crippen LogP contribution in [0.15, 0.2) is 0 Å². The third-order valence-electron chi connectivity index (χ3n) is 4.41. The first-order chi connectivity index (χ1) is 10.2. The van der Waals surface area contributed by atoms with Crippen molar-refractivity contribution in [2.24, 2.45) is 17.6 Å². The van der Waals surface area contributed by atoms with E-state index in [1.54, 1.807) is 4.90 Å². The maximum Gasteiger partial charge on any atom is 0.410 e. The second-order valence-electron chi connectivity index (χ2n) is 7.47. The fourth-order valence-electron chi connectivity index (χ4n) is 2.90. The maximum absolute atomic E-state index is 12.6. The molecule has 126 valence electrons. The van der Waals surface area contributed by atoms with Crippen LogP contribution in [0.25, 0.3) is 0 Å². The number of rotatable bonds is 3. The smallest absolute Gasteiger partial charge is 0.410 e. The molecule has 6 heteroatoms. The summed E-state index contributed by atoms with van der Waals surface area (Å²) in [7, 11) is 0. The molecule has 2 fully saturated rings. The predicted octanol–water partition coefficient (Wildman–Crippen LogP) is 1.44. The van der Waals surface area contributed by atoms with Crippen molar-refractivity contribution in [3.05, 3.63) is 0 Å². The van der Waals surface area contributed by atoms with Crippen molar-refractivity contribution in [3.8, 4) is 0 Å². The first-order valence-electron chi connectivity index (χ1n) is 8.21. The van der Waals surface area contributed by atoms with Crippen LogP contribution >= 0.6 is 0 Å². The lowest BCUT2D eigenvalue weighted by Gasteiger charge is -2.42. The highest BCUT2D eigenvalue weighted by atomic mass is 16.6. The molecule has 0 aromatic rings. The van der Waals surface area contributed by atoms with Gasteiger partial charge in [-0.05, 0) is 39.5 Å². The first-order valence-corrected chi connectivity index (χ1v) is 8.21. The Bertz CT molecular complexity index is 429. The van der Waals surface area contributed by atoms with Crippen molar-refractivity contribution < 1.29 is 14.3 Å². The van der Waals surface area contributed by atoms with Gasteiger partial charge in [-0.15, -0.1) is 0 Å². The molecular weight excluding hydrogens is 282 g/mol. The van der Waals surface area contributed by atoms with Gasteiger partial charge >= 0.3 is 6.09 Å². The van der Waals surface area contributed by atoms with Crippen molar-refractivity contribution in [1.29, 1.82) is 0 Å². The zero-order valence-corrected chi connectivity index (χ0v) is 14.2. The summed E-state index contributed by atoms with van der Waals surface area (Å²) < 4.78 is 5.40. The van der Waals surface area contributed by atoms with Gasteiger partial charge in [0.1, 0.15) is 5.60 Å². The number of amides is 2. The Morgan fingerprint density at radius 1 is 1.27 bits per heavy atom. The van der Waals surface area contributed by atoms with E-state index >= 15 is 0 Å². The largest absolute Gasteiger partial charge is 0.444 e. The fourth-order valence-corrected chi connectivity index (χ4v) is 2.90. The van der Waals surface area contributed by atoms with Gasteiger partial charge in [-0.2, -0.15) is 0 Å². The van der Waals surface area contributed by atoms with Crippen molar-refractivity contribution in [2.45, 2.75) is 52.2 Å². The summed E-state index contributed by atoms with van der Waals surface area (Å²) in [6.45, 7) is 9.42. The lowest BCUT2D eigenvalue weighted by molar-refractivity contribution is -0.140. The van der Waals surface area contributed by atoms with Crippen LogP contribution in [-0.4, -0.2) is 59.6 Å². The predicted molar refractivity (Wildman–Crippen MR) is 84.3 cm³/mol. The van der Waals surface area contributed by atoms with E-state index < -0.39 is 5.60 Å². The van der Waals surface area contributed by atoms with Crippen LogP contribution in [0.3, 0.4) is 0 Å². The van der Waals surface area contributed by atoms with Gasteiger partial charge < -0.3 is 20.3 Å². The molecule has 0 radical (unpaired) electrons. The molecule has 0 spiro atoms. The van der Waals surface area contributed by atoms with Crippen LogP contribution in [0.1, 0.15) is 40.5 Å². The van der Waals surface area contributed by atoms with Crippen LogP contribution in [0, 0.1) is 11.8 Å². The van der Waals surface area contributed by atoms with Gasteiger partial charge in [-0.1, -0.05) is 6.92 Å². The quantitative estimate of drug-likeness (QED) is 0.855. The van der Waals surface area contributed by atoms with Crippen molar-refractivity contribution in [3.63, 3.8) is 0 Å². The monoisotopic (exact) mass is 311 g/mol. The van der Waals surface area contributed by atoms with E-state index in [4.69, 9.17) is 10.5 Å². The molecule has 1 aliphatic heterocycles. The first kappa shape index (κ1) is 17.1. The topological polar surface area (TPSA) is 75.9 Å². The minimum Gasteiger partial charge on any atom is -0.444 e. The molecule has 6 nitrogen and oxygen atoms in total. The summed E-state index contributed by atoms with van der Waals surface area (Å²) >= 11 is 0. The van der Waals surface area contributed by atoms with Crippen LogP contribution in [-0.2, 0) is 9.53 Å². The summed E-state index contributed by atoms with van der Waals surface area (Å²) in [6.07, 6.45) is 1.98. The molecule has 1 aliphatic carbocycles. The van der Waals surface area contributed by atoms with E-state index in [1.165, 1.54) is 0 Å². The summed E-state index contributed by atoms with van der Waals surface area (Å²) in [4.78, 5) is 28.3. The molecule has 0 bridgehead atoms. The molecule has 0 aromatic heterocycles. The van der Waals surface area contributed by atoms with Crippen molar-refractivity contribution in [1.82, 2.24) is 9.80 Å². The number of piperazine rings is 1. The van der Waals surface area contributed by atoms with Gasteiger partial charge in [0.05, 0.1) is 6.04 Å². The average Bonchev–Trinajstić information content (AvgIpc) is 3.27. The number of hydrogen-bond donors (Lipinski definition) is 1. The van der Waals surface area contributed by atoms with Gasteiger partial charge in [0.2, 0.25) is 5.91 Å². The van der Waals surface area contributed by atoms with Crippen molar-refractivity contribution in [2.75, 3.05) is 26.2 Å². The normalized spacial score (nSPS) is 24.1. The highest BCUT2D eigenvalue weighted by molar-refractivity contribution is 5.80. The molecule has 2 amide bonds. The summed E-state index contributed by atoms with van der Waals surface area (Å²) in [5.74, 6) is 0.790. The maximum atomic E-state index is 12.6. The molecule has 22 heavy (non-hydrogen) atoms. The number of carbonyl (C=O) groups is 2. The summed E-state index contributed by atoms with van der Waals surface area (Å²) in [6, 6.07) is -0.116. The zero-order valence-electron chi connectivity index (χ0n) is 14.2. The fraction of sp³-hybridized carbons (Fsp3) is 0.875. The van der Waals surface area contributed by atoms with Crippen LogP contribution < -0.4 is 5.73 Å². The Hall–Kier alpha value is -1.30. The Morgan fingerprint density at radius 2 is 1.91 bits per heavy atom. The lowest BCUT2D eigenvalue weighted by atomic mass is 10.0. The Kier molecular flexibility index (Phi) is 5.00. The SMILES string of the molecule is CC(C(=O)N1CCN(C(=O)OC(C)(C)C)CC1CN)C1CC1. The van der Waals surface area contributed by atoms with E-state index in [9.17, 15) is 9.59 Å².